The van der Waals surface area contributed by atoms with Crippen LogP contribution in [-0.2, 0) is 9.47 Å². The van der Waals surface area contributed by atoms with Crippen molar-refractivity contribution in [2.75, 3.05) is 6.61 Å². The molecular formula is C9H10O2S. The van der Waals surface area contributed by atoms with E-state index < -0.39 is 0 Å². The van der Waals surface area contributed by atoms with Gasteiger partial charge < -0.3 is 9.47 Å². The summed E-state index contributed by atoms with van der Waals surface area (Å²) in [5, 5.41) is 0. The quantitative estimate of drug-likeness (QED) is 0.377. The molecular weight excluding hydrogens is 172 g/mol. The van der Waals surface area contributed by atoms with Crippen LogP contribution in [0.25, 0.3) is 0 Å². The molecule has 0 radical (unpaired) electrons. The highest BCUT2D eigenvalue weighted by Crippen LogP contribution is 2.45. The maximum absolute atomic E-state index is 5.23. The van der Waals surface area contributed by atoms with E-state index >= 15 is 0 Å². The van der Waals surface area contributed by atoms with Gasteiger partial charge in [0.2, 0.25) is 0 Å². The molecule has 2 aliphatic heterocycles. The first-order valence-corrected chi connectivity index (χ1v) is 4.70. The first-order chi connectivity index (χ1) is 5.90. The number of allylic oxidation sites excluding steroid dienone is 2. The lowest BCUT2D eigenvalue weighted by atomic mass is 10.4. The molecule has 0 spiro atoms. The Balaban J connectivity index is 1.70. The van der Waals surface area contributed by atoms with Gasteiger partial charge in [-0.05, 0) is 12.2 Å². The molecule has 3 heteroatoms. The summed E-state index contributed by atoms with van der Waals surface area (Å²) in [4.78, 5) is 1.27. The van der Waals surface area contributed by atoms with Crippen LogP contribution in [0, 0.1) is 0 Å². The molecule has 0 amide bonds. The minimum atomic E-state index is 0.372. The van der Waals surface area contributed by atoms with Crippen molar-refractivity contribution in [2.45, 2.75) is 11.5 Å². The van der Waals surface area contributed by atoms with E-state index in [1.807, 2.05) is 0 Å². The molecule has 2 aliphatic rings. The summed E-state index contributed by atoms with van der Waals surface area (Å²) >= 11 is 1.75. The zero-order valence-corrected chi connectivity index (χ0v) is 7.42. The van der Waals surface area contributed by atoms with E-state index in [-0.39, 0.29) is 0 Å². The standard InChI is InChI=1S/C9H10O2S/c1-2-3-4-10-6-7-5-8-9(11-8)12-7/h2-5,8-9H,1,6H2. The van der Waals surface area contributed by atoms with Crippen LogP contribution in [0.2, 0.25) is 0 Å². The molecule has 12 heavy (non-hydrogen) atoms. The Morgan fingerprint density at radius 3 is 3.33 bits per heavy atom. The van der Waals surface area contributed by atoms with Crippen LogP contribution in [0.15, 0.2) is 36.0 Å². The highest BCUT2D eigenvalue weighted by atomic mass is 32.2. The zero-order valence-electron chi connectivity index (χ0n) is 6.60. The fraction of sp³-hybridized carbons (Fsp3) is 0.333. The maximum Gasteiger partial charge on any atom is 0.138 e. The van der Waals surface area contributed by atoms with Gasteiger partial charge in [-0.2, -0.15) is 0 Å². The molecule has 2 unspecified atom stereocenters. The molecule has 0 aromatic carbocycles. The topological polar surface area (TPSA) is 21.8 Å². The summed E-state index contributed by atoms with van der Waals surface area (Å²) in [5.74, 6) is 0. The van der Waals surface area contributed by atoms with Gasteiger partial charge >= 0.3 is 0 Å². The van der Waals surface area contributed by atoms with Crippen molar-refractivity contribution < 1.29 is 9.47 Å². The average Bonchev–Trinajstić information content (AvgIpc) is 2.69. The molecule has 2 nitrogen and oxygen atoms in total. The van der Waals surface area contributed by atoms with E-state index in [1.165, 1.54) is 4.91 Å². The smallest absolute Gasteiger partial charge is 0.138 e. The third-order valence-corrected chi connectivity index (χ3v) is 2.81. The van der Waals surface area contributed by atoms with E-state index in [0.29, 0.717) is 18.1 Å². The average molecular weight is 182 g/mol. The van der Waals surface area contributed by atoms with Crippen molar-refractivity contribution in [2.24, 2.45) is 0 Å². The lowest BCUT2D eigenvalue weighted by Gasteiger charge is -2.00. The molecule has 0 aliphatic carbocycles. The van der Waals surface area contributed by atoms with Crippen LogP contribution < -0.4 is 0 Å². The summed E-state index contributed by atoms with van der Waals surface area (Å²) in [5.41, 5.74) is 0.395. The minimum absolute atomic E-state index is 0.372. The monoisotopic (exact) mass is 182 g/mol. The van der Waals surface area contributed by atoms with Crippen LogP contribution in [0.1, 0.15) is 0 Å². The SMILES string of the molecule is C=CC=COCC1=CC2OC2S1. The molecule has 0 saturated carbocycles. The summed E-state index contributed by atoms with van der Waals surface area (Å²) in [6.07, 6.45) is 7.61. The highest BCUT2D eigenvalue weighted by Gasteiger charge is 2.43. The van der Waals surface area contributed by atoms with E-state index in [0.717, 1.165) is 0 Å². The van der Waals surface area contributed by atoms with Crippen molar-refractivity contribution in [1.29, 1.82) is 0 Å². The second kappa shape index (κ2) is 3.37. The van der Waals surface area contributed by atoms with Gasteiger partial charge in [-0.25, -0.2) is 0 Å². The summed E-state index contributed by atoms with van der Waals surface area (Å²) in [6, 6.07) is 0. The second-order valence-electron chi connectivity index (χ2n) is 2.60. The van der Waals surface area contributed by atoms with Crippen molar-refractivity contribution in [3.05, 3.63) is 36.0 Å². The third-order valence-electron chi connectivity index (χ3n) is 1.64. The number of rotatable bonds is 4. The molecule has 1 saturated heterocycles. The van der Waals surface area contributed by atoms with Crippen LogP contribution in [-0.4, -0.2) is 18.1 Å². The predicted molar refractivity (Wildman–Crippen MR) is 49.6 cm³/mol. The normalized spacial score (nSPS) is 31.5. The van der Waals surface area contributed by atoms with Gasteiger partial charge in [0.15, 0.2) is 0 Å². The summed E-state index contributed by atoms with van der Waals surface area (Å²) in [6.45, 7) is 4.20. The molecule has 0 aromatic heterocycles. The van der Waals surface area contributed by atoms with Crippen LogP contribution >= 0.6 is 11.8 Å². The number of fused-ring (bicyclic) bond motifs is 1. The van der Waals surface area contributed by atoms with E-state index in [9.17, 15) is 0 Å². The number of hydrogen-bond donors (Lipinski definition) is 0. The minimum Gasteiger partial charge on any atom is -0.496 e. The third kappa shape index (κ3) is 1.73. The van der Waals surface area contributed by atoms with Crippen molar-refractivity contribution in [3.8, 4) is 0 Å². The van der Waals surface area contributed by atoms with Crippen molar-refractivity contribution >= 4 is 11.8 Å². The molecule has 0 N–H and O–H groups in total. The molecule has 64 valence electrons. The Morgan fingerprint density at radius 1 is 1.75 bits per heavy atom. The van der Waals surface area contributed by atoms with Crippen LogP contribution in [0.4, 0.5) is 0 Å². The molecule has 0 aromatic rings. The van der Waals surface area contributed by atoms with Gasteiger partial charge in [0, 0.05) is 4.91 Å². The molecule has 0 bridgehead atoms. The summed E-state index contributed by atoms with van der Waals surface area (Å²) < 4.78 is 10.4. The van der Waals surface area contributed by atoms with Gasteiger partial charge in [0.05, 0.1) is 6.26 Å². The Bertz CT molecular complexity index is 245. The van der Waals surface area contributed by atoms with E-state index in [2.05, 4.69) is 12.7 Å². The summed E-state index contributed by atoms with van der Waals surface area (Å²) in [7, 11) is 0. The Hall–Kier alpha value is -0.670. The predicted octanol–water partition coefficient (Wildman–Crippen LogP) is 2.06. The molecule has 1 fully saturated rings. The fourth-order valence-corrected chi connectivity index (χ4v) is 2.06. The van der Waals surface area contributed by atoms with Gasteiger partial charge in [-0.3, -0.25) is 0 Å². The highest BCUT2D eigenvalue weighted by molar-refractivity contribution is 8.04. The first-order valence-electron chi connectivity index (χ1n) is 3.82. The van der Waals surface area contributed by atoms with Crippen LogP contribution in [0.5, 0.6) is 0 Å². The van der Waals surface area contributed by atoms with Crippen LogP contribution in [0.3, 0.4) is 0 Å². The van der Waals surface area contributed by atoms with Gasteiger partial charge in [-0.15, -0.1) is 0 Å². The first kappa shape index (κ1) is 7.95. The lowest BCUT2D eigenvalue weighted by molar-refractivity contribution is 0.286. The Kier molecular flexibility index (Phi) is 2.23. The molecule has 2 heterocycles. The van der Waals surface area contributed by atoms with Gasteiger partial charge in [-0.1, -0.05) is 24.4 Å². The van der Waals surface area contributed by atoms with Crippen molar-refractivity contribution in [1.82, 2.24) is 0 Å². The number of thioether (sulfide) groups is 1. The Morgan fingerprint density at radius 2 is 2.67 bits per heavy atom. The fourth-order valence-electron chi connectivity index (χ4n) is 1.02. The molecule has 2 atom stereocenters. The lowest BCUT2D eigenvalue weighted by Crippen LogP contribution is -1.88. The largest absolute Gasteiger partial charge is 0.496 e. The Labute approximate surface area is 75.9 Å². The molecule has 2 rings (SSSR count). The second-order valence-corrected chi connectivity index (χ2v) is 3.82. The van der Waals surface area contributed by atoms with Crippen molar-refractivity contribution in [3.63, 3.8) is 0 Å². The number of epoxide rings is 1. The van der Waals surface area contributed by atoms with Gasteiger partial charge in [0.1, 0.15) is 18.1 Å². The van der Waals surface area contributed by atoms with Gasteiger partial charge in [0.25, 0.3) is 0 Å². The van der Waals surface area contributed by atoms with E-state index in [1.54, 1.807) is 30.2 Å². The number of hydrogen-bond acceptors (Lipinski definition) is 3. The zero-order chi connectivity index (χ0) is 8.39. The maximum atomic E-state index is 5.23. The number of ether oxygens (including phenoxy) is 2. The van der Waals surface area contributed by atoms with E-state index in [4.69, 9.17) is 9.47 Å².